The molecule has 1 aromatic rings. The standard InChI is InChI=1S/C16H28N4/c1-5-15(17)16(14-6-8-18-9-7-14)20-10-12(2)19(4)13(3)11-20/h6-9,12-13,15-16H,5,10-11,17H2,1-4H3. The van der Waals surface area contributed by atoms with Crippen LogP contribution < -0.4 is 5.73 Å². The van der Waals surface area contributed by atoms with Gasteiger partial charge in [0.2, 0.25) is 0 Å². The lowest BCUT2D eigenvalue weighted by atomic mass is 9.94. The summed E-state index contributed by atoms with van der Waals surface area (Å²) < 4.78 is 0. The van der Waals surface area contributed by atoms with Gasteiger partial charge in [0.15, 0.2) is 0 Å². The topological polar surface area (TPSA) is 45.4 Å². The van der Waals surface area contributed by atoms with Crippen LogP contribution in [-0.2, 0) is 0 Å². The fourth-order valence-electron chi connectivity index (χ4n) is 3.19. The van der Waals surface area contributed by atoms with E-state index in [1.54, 1.807) is 0 Å². The van der Waals surface area contributed by atoms with Crippen LogP contribution in [0.1, 0.15) is 38.8 Å². The van der Waals surface area contributed by atoms with Crippen LogP contribution in [0.3, 0.4) is 0 Å². The predicted molar refractivity (Wildman–Crippen MR) is 83.5 cm³/mol. The van der Waals surface area contributed by atoms with E-state index < -0.39 is 0 Å². The third-order valence-electron chi connectivity index (χ3n) is 4.71. The van der Waals surface area contributed by atoms with E-state index in [0.29, 0.717) is 18.1 Å². The highest BCUT2D eigenvalue weighted by molar-refractivity contribution is 5.18. The van der Waals surface area contributed by atoms with Crippen molar-refractivity contribution in [3.05, 3.63) is 30.1 Å². The minimum Gasteiger partial charge on any atom is -0.326 e. The molecule has 4 heteroatoms. The van der Waals surface area contributed by atoms with Crippen LogP contribution >= 0.6 is 0 Å². The van der Waals surface area contributed by atoms with Crippen LogP contribution in [0.15, 0.2) is 24.5 Å². The minimum absolute atomic E-state index is 0.167. The Morgan fingerprint density at radius 2 is 1.80 bits per heavy atom. The first-order chi connectivity index (χ1) is 9.54. The molecule has 0 saturated carbocycles. The zero-order valence-corrected chi connectivity index (χ0v) is 13.2. The lowest BCUT2D eigenvalue weighted by molar-refractivity contribution is 0.0254. The molecule has 1 fully saturated rings. The van der Waals surface area contributed by atoms with Crippen molar-refractivity contribution in [1.29, 1.82) is 0 Å². The average molecular weight is 276 g/mol. The molecule has 112 valence electrons. The van der Waals surface area contributed by atoms with Crippen molar-refractivity contribution in [3.8, 4) is 0 Å². The average Bonchev–Trinajstić information content (AvgIpc) is 2.46. The zero-order valence-electron chi connectivity index (χ0n) is 13.2. The number of likely N-dealkylation sites (N-methyl/N-ethyl adjacent to an activating group) is 1. The summed E-state index contributed by atoms with van der Waals surface area (Å²) in [7, 11) is 2.22. The molecule has 0 spiro atoms. The number of rotatable bonds is 4. The number of nitrogens with zero attached hydrogens (tertiary/aromatic N) is 3. The molecular formula is C16H28N4. The summed E-state index contributed by atoms with van der Waals surface area (Å²) in [6.07, 6.45) is 4.73. The molecule has 2 N–H and O–H groups in total. The van der Waals surface area contributed by atoms with Gasteiger partial charge in [0.25, 0.3) is 0 Å². The highest BCUT2D eigenvalue weighted by Gasteiger charge is 2.33. The van der Waals surface area contributed by atoms with E-state index in [0.717, 1.165) is 19.5 Å². The van der Waals surface area contributed by atoms with Crippen LogP contribution in [0, 0.1) is 0 Å². The van der Waals surface area contributed by atoms with Gasteiger partial charge in [-0.05, 0) is 45.0 Å². The Morgan fingerprint density at radius 3 is 2.30 bits per heavy atom. The Bertz CT molecular complexity index is 396. The molecule has 4 unspecified atom stereocenters. The number of pyridine rings is 1. The second kappa shape index (κ2) is 6.66. The maximum absolute atomic E-state index is 6.43. The summed E-state index contributed by atoms with van der Waals surface area (Å²) >= 11 is 0. The fraction of sp³-hybridized carbons (Fsp3) is 0.688. The maximum atomic E-state index is 6.43. The van der Waals surface area contributed by atoms with Gasteiger partial charge in [-0.2, -0.15) is 0 Å². The van der Waals surface area contributed by atoms with Crippen molar-refractivity contribution in [2.45, 2.75) is 51.4 Å². The molecule has 1 saturated heterocycles. The molecule has 1 aromatic heterocycles. The molecule has 0 radical (unpaired) electrons. The van der Waals surface area contributed by atoms with Crippen molar-refractivity contribution in [3.63, 3.8) is 0 Å². The summed E-state index contributed by atoms with van der Waals surface area (Å²) in [5.41, 5.74) is 7.72. The van der Waals surface area contributed by atoms with Gasteiger partial charge in [0, 0.05) is 43.6 Å². The van der Waals surface area contributed by atoms with Gasteiger partial charge in [-0.1, -0.05) is 6.92 Å². The molecule has 2 rings (SSSR count). The quantitative estimate of drug-likeness (QED) is 0.912. The molecule has 0 aromatic carbocycles. The van der Waals surface area contributed by atoms with E-state index in [4.69, 9.17) is 5.73 Å². The monoisotopic (exact) mass is 276 g/mol. The zero-order chi connectivity index (χ0) is 14.7. The van der Waals surface area contributed by atoms with Gasteiger partial charge in [0.1, 0.15) is 0 Å². The molecule has 0 aliphatic carbocycles. The van der Waals surface area contributed by atoms with Crippen LogP contribution in [0.2, 0.25) is 0 Å². The van der Waals surface area contributed by atoms with Crippen molar-refractivity contribution in [2.24, 2.45) is 5.73 Å². The van der Waals surface area contributed by atoms with E-state index >= 15 is 0 Å². The molecule has 4 nitrogen and oxygen atoms in total. The molecule has 4 atom stereocenters. The molecular weight excluding hydrogens is 248 g/mol. The Morgan fingerprint density at radius 1 is 1.25 bits per heavy atom. The minimum atomic E-state index is 0.167. The van der Waals surface area contributed by atoms with Gasteiger partial charge in [-0.3, -0.25) is 14.8 Å². The predicted octanol–water partition coefficient (Wildman–Crippen LogP) is 1.88. The van der Waals surface area contributed by atoms with Crippen molar-refractivity contribution < 1.29 is 0 Å². The van der Waals surface area contributed by atoms with E-state index in [1.807, 2.05) is 12.4 Å². The SMILES string of the molecule is CCC(N)C(c1ccncc1)N1CC(C)N(C)C(C)C1. The van der Waals surface area contributed by atoms with Gasteiger partial charge in [-0.15, -0.1) is 0 Å². The van der Waals surface area contributed by atoms with Gasteiger partial charge in [0.05, 0.1) is 6.04 Å². The summed E-state index contributed by atoms with van der Waals surface area (Å²) in [6, 6.07) is 5.79. The van der Waals surface area contributed by atoms with Gasteiger partial charge < -0.3 is 5.73 Å². The second-order valence-electron chi connectivity index (χ2n) is 6.11. The lowest BCUT2D eigenvalue weighted by Gasteiger charge is -2.47. The Kier molecular flexibility index (Phi) is 5.13. The van der Waals surface area contributed by atoms with E-state index in [2.05, 4.69) is 54.7 Å². The van der Waals surface area contributed by atoms with Crippen LogP contribution in [0.25, 0.3) is 0 Å². The lowest BCUT2D eigenvalue weighted by Crippen LogP contribution is -2.57. The molecule has 20 heavy (non-hydrogen) atoms. The Balaban J connectivity index is 2.24. The number of hydrogen-bond donors (Lipinski definition) is 1. The molecule has 1 aliphatic rings. The van der Waals surface area contributed by atoms with Gasteiger partial charge >= 0.3 is 0 Å². The van der Waals surface area contributed by atoms with E-state index in [1.165, 1.54) is 5.56 Å². The number of nitrogens with two attached hydrogens (primary N) is 1. The maximum Gasteiger partial charge on any atom is 0.0501 e. The number of piperazine rings is 1. The third-order valence-corrected chi connectivity index (χ3v) is 4.71. The summed E-state index contributed by atoms with van der Waals surface area (Å²) in [4.78, 5) is 9.14. The normalized spacial score (nSPS) is 28.2. The fourth-order valence-corrected chi connectivity index (χ4v) is 3.19. The van der Waals surface area contributed by atoms with Crippen LogP contribution in [-0.4, -0.2) is 53.0 Å². The first kappa shape index (κ1) is 15.4. The number of hydrogen-bond acceptors (Lipinski definition) is 4. The first-order valence-electron chi connectivity index (χ1n) is 7.66. The third kappa shape index (κ3) is 3.19. The van der Waals surface area contributed by atoms with Crippen molar-refractivity contribution >= 4 is 0 Å². The molecule has 0 bridgehead atoms. The highest BCUT2D eigenvalue weighted by atomic mass is 15.3. The summed E-state index contributed by atoms with van der Waals surface area (Å²) in [5.74, 6) is 0. The van der Waals surface area contributed by atoms with Crippen molar-refractivity contribution in [1.82, 2.24) is 14.8 Å². The largest absolute Gasteiger partial charge is 0.326 e. The Labute approximate surface area is 123 Å². The molecule has 0 amide bonds. The first-order valence-corrected chi connectivity index (χ1v) is 7.66. The smallest absolute Gasteiger partial charge is 0.0501 e. The summed E-state index contributed by atoms with van der Waals surface area (Å²) in [5, 5.41) is 0. The second-order valence-corrected chi connectivity index (χ2v) is 6.11. The summed E-state index contributed by atoms with van der Waals surface area (Å²) in [6.45, 7) is 8.90. The van der Waals surface area contributed by atoms with Crippen molar-refractivity contribution in [2.75, 3.05) is 20.1 Å². The highest BCUT2D eigenvalue weighted by Crippen LogP contribution is 2.28. The van der Waals surface area contributed by atoms with Crippen LogP contribution in [0.5, 0.6) is 0 Å². The molecule has 2 heterocycles. The van der Waals surface area contributed by atoms with E-state index in [9.17, 15) is 0 Å². The number of aromatic nitrogens is 1. The van der Waals surface area contributed by atoms with Gasteiger partial charge in [-0.25, -0.2) is 0 Å². The van der Waals surface area contributed by atoms with Crippen LogP contribution in [0.4, 0.5) is 0 Å². The molecule has 1 aliphatic heterocycles. The Hall–Kier alpha value is -0.970. The van der Waals surface area contributed by atoms with E-state index in [-0.39, 0.29) is 6.04 Å².